The van der Waals surface area contributed by atoms with Crippen molar-refractivity contribution < 1.29 is 4.79 Å². The van der Waals surface area contributed by atoms with Crippen LogP contribution in [-0.4, -0.2) is 6.29 Å². The maximum atomic E-state index is 9.53. The fourth-order valence-corrected chi connectivity index (χ4v) is 0.0417. The molecule has 0 saturated heterocycles. The molecule has 0 aromatic heterocycles. The number of carbonyl (C=O) groups is 1. The van der Waals surface area contributed by atoms with Gasteiger partial charge in [0.2, 0.25) is 0 Å². The van der Waals surface area contributed by atoms with Gasteiger partial charge < -0.3 is 0 Å². The minimum atomic E-state index is 0.301. The Morgan fingerprint density at radius 1 is 1.83 bits per heavy atom. The van der Waals surface area contributed by atoms with Crippen LogP contribution in [0.15, 0.2) is 18.7 Å². The number of allylic oxidation sites excluding steroid dienone is 2. The van der Waals surface area contributed by atoms with Gasteiger partial charge in [-0.15, -0.1) is 0 Å². The molecule has 0 unspecified atom stereocenters. The van der Waals surface area contributed by atoms with E-state index in [0.29, 0.717) is 11.9 Å². The summed E-state index contributed by atoms with van der Waals surface area (Å²) in [6.45, 7) is 6.43. The standard InChI is InChI=1S/C5H5O/c1-3-5(2)4-6/h4H,1-2H2. The van der Waals surface area contributed by atoms with E-state index in [1.54, 1.807) is 0 Å². The van der Waals surface area contributed by atoms with Crippen LogP contribution >= 0.6 is 0 Å². The lowest BCUT2D eigenvalue weighted by molar-refractivity contribution is -0.104. The molecule has 31 valence electrons. The van der Waals surface area contributed by atoms with Crippen LogP contribution in [-0.2, 0) is 4.79 Å². The van der Waals surface area contributed by atoms with Gasteiger partial charge in [-0.25, -0.2) is 0 Å². The van der Waals surface area contributed by atoms with Crippen LogP contribution in [0.25, 0.3) is 0 Å². The third-order valence-electron chi connectivity index (χ3n) is 0.369. The molecule has 1 heteroatoms. The van der Waals surface area contributed by atoms with E-state index in [1.165, 1.54) is 0 Å². The van der Waals surface area contributed by atoms with E-state index in [1.807, 2.05) is 0 Å². The van der Waals surface area contributed by atoms with Crippen LogP contribution in [0.5, 0.6) is 0 Å². The molecule has 0 atom stereocenters. The van der Waals surface area contributed by atoms with Crippen molar-refractivity contribution in [3.05, 3.63) is 24.8 Å². The van der Waals surface area contributed by atoms with Crippen LogP contribution in [0.3, 0.4) is 0 Å². The number of rotatable bonds is 2. The maximum absolute atomic E-state index is 9.53. The largest absolute Gasteiger partial charge is 0.298 e. The highest BCUT2D eigenvalue weighted by molar-refractivity contribution is 5.74. The summed E-state index contributed by atoms with van der Waals surface area (Å²) in [4.78, 5) is 9.53. The van der Waals surface area contributed by atoms with Crippen molar-refractivity contribution in [2.24, 2.45) is 0 Å². The summed E-state index contributed by atoms with van der Waals surface area (Å²) in [6, 6.07) is 0. The van der Waals surface area contributed by atoms with Crippen molar-refractivity contribution in [1.82, 2.24) is 0 Å². The summed E-state index contributed by atoms with van der Waals surface area (Å²) in [5.41, 5.74) is 0.301. The summed E-state index contributed by atoms with van der Waals surface area (Å²) < 4.78 is 0. The average molecular weight is 81.1 g/mol. The van der Waals surface area contributed by atoms with Gasteiger partial charge in [-0.3, -0.25) is 4.79 Å². The van der Waals surface area contributed by atoms with Crippen LogP contribution in [0.2, 0.25) is 0 Å². The highest BCUT2D eigenvalue weighted by Gasteiger charge is 1.73. The second-order valence-corrected chi connectivity index (χ2v) is 0.820. The Bertz CT molecular complexity index is 71.9. The molecular formula is C5H5O. The Morgan fingerprint density at radius 2 is 2.33 bits per heavy atom. The summed E-state index contributed by atoms with van der Waals surface area (Å²) in [6.07, 6.45) is 2.91. The molecule has 0 aromatic rings. The summed E-state index contributed by atoms with van der Waals surface area (Å²) in [5, 5.41) is 0. The molecule has 0 aliphatic rings. The van der Waals surface area contributed by atoms with Gasteiger partial charge in [0, 0.05) is 5.57 Å². The minimum Gasteiger partial charge on any atom is -0.298 e. The third kappa shape index (κ3) is 1.47. The minimum absolute atomic E-state index is 0.301. The Kier molecular flexibility index (Phi) is 2.05. The molecular weight excluding hydrogens is 76.1 g/mol. The number of hydrogen-bond donors (Lipinski definition) is 0. The van der Waals surface area contributed by atoms with Crippen LogP contribution in [0.1, 0.15) is 0 Å². The first-order chi connectivity index (χ1) is 2.81. The van der Waals surface area contributed by atoms with E-state index in [-0.39, 0.29) is 0 Å². The van der Waals surface area contributed by atoms with Crippen LogP contribution < -0.4 is 0 Å². The first kappa shape index (κ1) is 5.15. The number of hydrogen-bond acceptors (Lipinski definition) is 1. The number of aldehydes is 1. The molecule has 0 N–H and O–H groups in total. The van der Waals surface area contributed by atoms with Gasteiger partial charge in [-0.05, 0) is 6.08 Å². The molecule has 0 bridgehead atoms. The lowest BCUT2D eigenvalue weighted by Crippen LogP contribution is -1.69. The maximum Gasteiger partial charge on any atom is 0.150 e. The van der Waals surface area contributed by atoms with Crippen molar-refractivity contribution >= 4 is 6.29 Å². The lowest BCUT2D eigenvalue weighted by atomic mass is 10.3. The SMILES string of the molecule is C=[C]C(=C)C=O. The average Bonchev–Trinajstić information content (AvgIpc) is 1.65. The highest BCUT2D eigenvalue weighted by Crippen LogP contribution is 1.76. The van der Waals surface area contributed by atoms with Crippen molar-refractivity contribution in [3.8, 4) is 0 Å². The monoisotopic (exact) mass is 81.0 g/mol. The van der Waals surface area contributed by atoms with E-state index >= 15 is 0 Å². The normalized spacial score (nSPS) is 6.67. The molecule has 0 amide bonds. The van der Waals surface area contributed by atoms with Crippen molar-refractivity contribution in [1.29, 1.82) is 0 Å². The Morgan fingerprint density at radius 3 is 2.33 bits per heavy atom. The zero-order chi connectivity index (χ0) is 4.99. The zero-order valence-electron chi connectivity index (χ0n) is 3.40. The van der Waals surface area contributed by atoms with E-state index in [4.69, 9.17) is 0 Å². The third-order valence-corrected chi connectivity index (χ3v) is 0.369. The van der Waals surface area contributed by atoms with Crippen LogP contribution in [0, 0.1) is 6.08 Å². The molecule has 0 aliphatic heterocycles. The molecule has 0 saturated carbocycles. The quantitative estimate of drug-likeness (QED) is 0.272. The van der Waals surface area contributed by atoms with Crippen molar-refractivity contribution in [2.75, 3.05) is 0 Å². The first-order valence-corrected chi connectivity index (χ1v) is 1.48. The van der Waals surface area contributed by atoms with E-state index in [2.05, 4.69) is 19.2 Å². The second-order valence-electron chi connectivity index (χ2n) is 0.820. The molecule has 0 fully saturated rings. The zero-order valence-corrected chi connectivity index (χ0v) is 3.40. The predicted octanol–water partition coefficient (Wildman–Crippen LogP) is 0.731. The summed E-state index contributed by atoms with van der Waals surface area (Å²) in [7, 11) is 0. The molecule has 6 heavy (non-hydrogen) atoms. The topological polar surface area (TPSA) is 17.1 Å². The fraction of sp³-hybridized carbons (Fsp3) is 0. The Balaban J connectivity index is 3.52. The fourth-order valence-electron chi connectivity index (χ4n) is 0.0417. The Labute approximate surface area is 37.0 Å². The predicted molar refractivity (Wildman–Crippen MR) is 24.1 cm³/mol. The van der Waals surface area contributed by atoms with Gasteiger partial charge >= 0.3 is 0 Å². The summed E-state index contributed by atoms with van der Waals surface area (Å²) >= 11 is 0. The van der Waals surface area contributed by atoms with Gasteiger partial charge in [0.15, 0.2) is 0 Å². The van der Waals surface area contributed by atoms with Crippen molar-refractivity contribution in [2.45, 2.75) is 0 Å². The molecule has 1 radical (unpaired) electrons. The second kappa shape index (κ2) is 2.39. The van der Waals surface area contributed by atoms with Gasteiger partial charge in [-0.2, -0.15) is 0 Å². The summed E-state index contributed by atoms with van der Waals surface area (Å²) in [5.74, 6) is 0. The lowest BCUT2D eigenvalue weighted by Gasteiger charge is -1.70. The van der Waals surface area contributed by atoms with Gasteiger partial charge in [-0.1, -0.05) is 13.2 Å². The molecule has 0 rings (SSSR count). The van der Waals surface area contributed by atoms with Gasteiger partial charge in [0.05, 0.1) is 0 Å². The molecule has 0 aliphatic carbocycles. The van der Waals surface area contributed by atoms with Gasteiger partial charge in [0.25, 0.3) is 0 Å². The van der Waals surface area contributed by atoms with E-state index in [9.17, 15) is 4.79 Å². The smallest absolute Gasteiger partial charge is 0.150 e. The van der Waals surface area contributed by atoms with Crippen molar-refractivity contribution in [3.63, 3.8) is 0 Å². The first-order valence-electron chi connectivity index (χ1n) is 1.48. The molecule has 1 nitrogen and oxygen atoms in total. The van der Waals surface area contributed by atoms with Gasteiger partial charge in [0.1, 0.15) is 6.29 Å². The highest BCUT2D eigenvalue weighted by atomic mass is 16.1. The van der Waals surface area contributed by atoms with E-state index < -0.39 is 0 Å². The Hall–Kier alpha value is -0.850. The molecule has 0 spiro atoms. The van der Waals surface area contributed by atoms with E-state index in [0.717, 1.165) is 0 Å². The molecule has 0 heterocycles. The molecule has 0 aromatic carbocycles. The van der Waals surface area contributed by atoms with Crippen LogP contribution in [0.4, 0.5) is 0 Å². The number of carbonyl (C=O) groups excluding carboxylic acids is 1.